The van der Waals surface area contributed by atoms with E-state index < -0.39 is 0 Å². The third-order valence-electron chi connectivity index (χ3n) is 5.40. The number of hydrogen-bond donors (Lipinski definition) is 2. The number of amides is 2. The summed E-state index contributed by atoms with van der Waals surface area (Å²) in [5.74, 6) is 0.205. The summed E-state index contributed by atoms with van der Waals surface area (Å²) in [7, 11) is 1.53. The summed E-state index contributed by atoms with van der Waals surface area (Å²) >= 11 is 6.32. The molecule has 2 N–H and O–H groups in total. The number of carbonyl (C=O) groups excluding carboxylic acids is 2. The molecule has 4 rings (SSSR count). The molecule has 2 amide bonds. The van der Waals surface area contributed by atoms with Crippen molar-refractivity contribution in [3.8, 4) is 0 Å². The number of benzene rings is 1. The number of ether oxygens (including phenoxy) is 1. The Kier molecular flexibility index (Phi) is 4.65. The van der Waals surface area contributed by atoms with Gasteiger partial charge in [-0.3, -0.25) is 14.3 Å². The van der Waals surface area contributed by atoms with Crippen LogP contribution in [0.5, 0.6) is 0 Å². The Morgan fingerprint density at radius 3 is 2.63 bits per heavy atom. The van der Waals surface area contributed by atoms with Crippen molar-refractivity contribution in [1.29, 1.82) is 0 Å². The standard InChI is InChI=1S/C19H21ClN4O3/c1-10(11-5-3-4-6-14(11)20)24-16(7-15(23-24)18(25)21-2)19(26)22-17-12-8-27-9-13(12)17/h3-7,10,12-13,17H,8-9H2,1-2H3,(H,21,25)(H,22,26)/t10-,12-,13+,17?/m0/s1. The molecule has 1 aromatic carbocycles. The van der Waals surface area contributed by atoms with Crippen LogP contribution in [0.25, 0.3) is 0 Å². The summed E-state index contributed by atoms with van der Waals surface area (Å²) in [6.45, 7) is 3.28. The number of carbonyl (C=O) groups is 2. The minimum absolute atomic E-state index is 0.133. The van der Waals surface area contributed by atoms with Crippen LogP contribution in [-0.2, 0) is 4.74 Å². The minimum Gasteiger partial charge on any atom is -0.381 e. The number of hydrogen-bond acceptors (Lipinski definition) is 4. The normalized spacial score (nSPS) is 24.2. The molecular formula is C19H21ClN4O3. The van der Waals surface area contributed by atoms with E-state index in [9.17, 15) is 9.59 Å². The van der Waals surface area contributed by atoms with Gasteiger partial charge >= 0.3 is 0 Å². The molecule has 4 atom stereocenters. The molecule has 7 nitrogen and oxygen atoms in total. The van der Waals surface area contributed by atoms with Gasteiger partial charge in [0.05, 0.1) is 19.3 Å². The Hall–Kier alpha value is -2.38. The molecule has 27 heavy (non-hydrogen) atoms. The van der Waals surface area contributed by atoms with Crippen LogP contribution in [0.1, 0.15) is 39.5 Å². The Balaban J connectivity index is 1.65. The molecule has 1 unspecified atom stereocenters. The average molecular weight is 389 g/mol. The quantitative estimate of drug-likeness (QED) is 0.819. The third kappa shape index (κ3) is 3.21. The fourth-order valence-electron chi connectivity index (χ4n) is 3.72. The van der Waals surface area contributed by atoms with Crippen LogP contribution in [0, 0.1) is 11.8 Å². The molecule has 0 spiro atoms. The zero-order valence-electron chi connectivity index (χ0n) is 15.1. The lowest BCUT2D eigenvalue weighted by atomic mass is 10.1. The smallest absolute Gasteiger partial charge is 0.271 e. The van der Waals surface area contributed by atoms with Crippen molar-refractivity contribution in [2.24, 2.45) is 11.8 Å². The van der Waals surface area contributed by atoms with Crippen LogP contribution in [-0.4, -0.2) is 47.9 Å². The fraction of sp³-hybridized carbons (Fsp3) is 0.421. The van der Waals surface area contributed by atoms with E-state index in [1.165, 1.54) is 13.1 Å². The lowest BCUT2D eigenvalue weighted by molar-refractivity contribution is 0.0915. The van der Waals surface area contributed by atoms with Gasteiger partial charge in [0.15, 0.2) is 5.69 Å². The Labute approximate surface area is 162 Å². The number of aromatic nitrogens is 2. The van der Waals surface area contributed by atoms with E-state index in [1.54, 1.807) is 10.7 Å². The number of rotatable bonds is 5. The maximum Gasteiger partial charge on any atom is 0.271 e. The molecule has 1 aromatic heterocycles. The second-order valence-corrected chi connectivity index (χ2v) is 7.41. The SMILES string of the molecule is CNC(=O)c1cc(C(=O)NC2[C@H]3COC[C@@H]23)n([C@@H](C)c2ccccc2Cl)n1. The van der Waals surface area contributed by atoms with E-state index in [-0.39, 0.29) is 29.6 Å². The topological polar surface area (TPSA) is 85.3 Å². The molecule has 1 saturated carbocycles. The van der Waals surface area contributed by atoms with Crippen LogP contribution >= 0.6 is 11.6 Å². The molecule has 2 fully saturated rings. The van der Waals surface area contributed by atoms with E-state index in [2.05, 4.69) is 15.7 Å². The Morgan fingerprint density at radius 1 is 1.26 bits per heavy atom. The maximum absolute atomic E-state index is 12.9. The highest BCUT2D eigenvalue weighted by atomic mass is 35.5. The first kappa shape index (κ1) is 18.0. The maximum atomic E-state index is 12.9. The highest BCUT2D eigenvalue weighted by molar-refractivity contribution is 6.31. The van der Waals surface area contributed by atoms with Crippen molar-refractivity contribution in [2.75, 3.05) is 20.3 Å². The van der Waals surface area contributed by atoms with Gasteiger partial charge in [0.2, 0.25) is 0 Å². The number of halogens is 1. The molecule has 2 aromatic rings. The van der Waals surface area contributed by atoms with Crippen molar-refractivity contribution in [1.82, 2.24) is 20.4 Å². The van der Waals surface area contributed by atoms with Gasteiger partial charge in [-0.15, -0.1) is 0 Å². The lowest BCUT2D eigenvalue weighted by Crippen LogP contribution is -2.32. The Morgan fingerprint density at radius 2 is 1.96 bits per heavy atom. The molecule has 142 valence electrons. The highest BCUT2D eigenvalue weighted by Crippen LogP contribution is 2.44. The number of nitrogens with zero attached hydrogens (tertiary/aromatic N) is 2. The monoisotopic (exact) mass is 388 g/mol. The largest absolute Gasteiger partial charge is 0.381 e. The first-order valence-electron chi connectivity index (χ1n) is 8.96. The molecule has 0 radical (unpaired) electrons. The average Bonchev–Trinajstić information content (AvgIpc) is 3.08. The number of nitrogens with one attached hydrogen (secondary N) is 2. The van der Waals surface area contributed by atoms with Gasteiger partial charge in [0, 0.05) is 36.0 Å². The summed E-state index contributed by atoms with van der Waals surface area (Å²) in [5, 5.41) is 10.6. The van der Waals surface area contributed by atoms with Crippen molar-refractivity contribution in [3.05, 3.63) is 52.3 Å². The van der Waals surface area contributed by atoms with Gasteiger partial charge < -0.3 is 15.4 Å². The summed E-state index contributed by atoms with van der Waals surface area (Å²) in [4.78, 5) is 25.0. The van der Waals surface area contributed by atoms with Crippen molar-refractivity contribution in [2.45, 2.75) is 19.0 Å². The minimum atomic E-state index is -0.342. The van der Waals surface area contributed by atoms with Gasteiger partial charge in [-0.05, 0) is 18.6 Å². The zero-order valence-corrected chi connectivity index (χ0v) is 15.9. The van der Waals surface area contributed by atoms with E-state index >= 15 is 0 Å². The Bertz CT molecular complexity index is 887. The van der Waals surface area contributed by atoms with Gasteiger partial charge in [-0.1, -0.05) is 29.8 Å². The van der Waals surface area contributed by atoms with Gasteiger partial charge in [-0.25, -0.2) is 0 Å². The van der Waals surface area contributed by atoms with Gasteiger partial charge in [0.25, 0.3) is 11.8 Å². The second-order valence-electron chi connectivity index (χ2n) is 7.00. The molecule has 1 saturated heterocycles. The van der Waals surface area contributed by atoms with Crippen molar-refractivity contribution < 1.29 is 14.3 Å². The van der Waals surface area contributed by atoms with Gasteiger partial charge in [0.1, 0.15) is 5.69 Å². The summed E-state index contributed by atoms with van der Waals surface area (Å²) < 4.78 is 6.94. The van der Waals surface area contributed by atoms with E-state index in [0.29, 0.717) is 35.8 Å². The molecule has 1 aliphatic heterocycles. The molecule has 8 heteroatoms. The van der Waals surface area contributed by atoms with Crippen molar-refractivity contribution in [3.63, 3.8) is 0 Å². The van der Waals surface area contributed by atoms with E-state index in [0.717, 1.165) is 5.56 Å². The van der Waals surface area contributed by atoms with Crippen LogP contribution in [0.4, 0.5) is 0 Å². The van der Waals surface area contributed by atoms with E-state index in [4.69, 9.17) is 16.3 Å². The molecule has 1 aliphatic carbocycles. The molecule has 0 bridgehead atoms. The first-order chi connectivity index (χ1) is 13.0. The third-order valence-corrected chi connectivity index (χ3v) is 5.74. The second kappa shape index (κ2) is 6.98. The molecule has 2 heterocycles. The fourth-order valence-corrected chi connectivity index (χ4v) is 4.02. The first-order valence-corrected chi connectivity index (χ1v) is 9.33. The van der Waals surface area contributed by atoms with Crippen LogP contribution in [0.15, 0.2) is 30.3 Å². The zero-order chi connectivity index (χ0) is 19.1. The number of fused-ring (bicyclic) bond motifs is 1. The summed E-state index contributed by atoms with van der Waals surface area (Å²) in [6, 6.07) is 8.76. The molecular weight excluding hydrogens is 368 g/mol. The predicted octanol–water partition coefficient (Wildman–Crippen LogP) is 1.88. The van der Waals surface area contributed by atoms with Crippen LogP contribution in [0.3, 0.4) is 0 Å². The lowest BCUT2D eigenvalue weighted by Gasteiger charge is -2.17. The van der Waals surface area contributed by atoms with Crippen LogP contribution < -0.4 is 10.6 Å². The van der Waals surface area contributed by atoms with Gasteiger partial charge in [-0.2, -0.15) is 5.10 Å². The van der Waals surface area contributed by atoms with E-state index in [1.807, 2.05) is 25.1 Å². The van der Waals surface area contributed by atoms with Crippen molar-refractivity contribution >= 4 is 23.4 Å². The van der Waals surface area contributed by atoms with Crippen LogP contribution in [0.2, 0.25) is 5.02 Å². The highest BCUT2D eigenvalue weighted by Gasteiger charge is 2.55. The summed E-state index contributed by atoms with van der Waals surface area (Å²) in [6.07, 6.45) is 0. The predicted molar refractivity (Wildman–Crippen MR) is 99.9 cm³/mol. The summed E-state index contributed by atoms with van der Waals surface area (Å²) in [5.41, 5.74) is 1.37. The molecule has 2 aliphatic rings.